The Morgan fingerprint density at radius 2 is 1.86 bits per heavy atom. The lowest BCUT2D eigenvalue weighted by Crippen LogP contribution is -2.48. The molecule has 6 nitrogen and oxygen atoms in total. The first-order valence-corrected chi connectivity index (χ1v) is 9.70. The molecule has 2 amide bonds. The number of rotatable bonds is 5. The molecule has 1 saturated heterocycles. The Morgan fingerprint density at radius 3 is 2.71 bits per heavy atom. The number of carbonyl (C=O) groups excluding carboxylic acids is 2. The van der Waals surface area contributed by atoms with Crippen LogP contribution >= 0.6 is 0 Å². The molecule has 28 heavy (non-hydrogen) atoms. The molecule has 4 rings (SSSR count). The van der Waals surface area contributed by atoms with Gasteiger partial charge < -0.3 is 19.7 Å². The lowest BCUT2D eigenvalue weighted by atomic mass is 10.1. The highest BCUT2D eigenvalue weighted by Gasteiger charge is 2.31. The van der Waals surface area contributed by atoms with E-state index in [0.29, 0.717) is 31.7 Å². The van der Waals surface area contributed by atoms with Gasteiger partial charge in [-0.1, -0.05) is 42.8 Å². The maximum Gasteiger partial charge on any atom is 0.243 e. The first kappa shape index (κ1) is 18.3. The Labute approximate surface area is 164 Å². The molecule has 1 atom stereocenters. The summed E-state index contributed by atoms with van der Waals surface area (Å²) in [6.45, 7) is 1.07. The number of fused-ring (bicyclic) bond motifs is 1. The van der Waals surface area contributed by atoms with Crippen LogP contribution < -0.4 is 14.8 Å². The van der Waals surface area contributed by atoms with Gasteiger partial charge in [0.2, 0.25) is 18.6 Å². The Kier molecular flexibility index (Phi) is 5.46. The zero-order valence-corrected chi connectivity index (χ0v) is 15.7. The minimum atomic E-state index is -0.441. The third-order valence-electron chi connectivity index (χ3n) is 5.22. The normalized spacial score (nSPS) is 18.6. The summed E-state index contributed by atoms with van der Waals surface area (Å²) in [6, 6.07) is 15.0. The topological polar surface area (TPSA) is 67.9 Å². The SMILES string of the molecule is O=C(NCc1ccc2c(c1)OCO2)C1CCCCC(=O)N1Cc1ccccc1. The third kappa shape index (κ3) is 4.11. The predicted octanol–water partition coefficient (Wildman–Crippen LogP) is 3.00. The summed E-state index contributed by atoms with van der Waals surface area (Å²) >= 11 is 0. The molecule has 2 aromatic carbocycles. The van der Waals surface area contributed by atoms with Crippen molar-refractivity contribution in [1.82, 2.24) is 10.2 Å². The highest BCUT2D eigenvalue weighted by Crippen LogP contribution is 2.32. The van der Waals surface area contributed by atoms with E-state index >= 15 is 0 Å². The van der Waals surface area contributed by atoms with Crippen LogP contribution in [-0.2, 0) is 22.7 Å². The molecule has 2 aliphatic heterocycles. The van der Waals surface area contributed by atoms with Crippen LogP contribution in [0.4, 0.5) is 0 Å². The number of carbonyl (C=O) groups is 2. The van der Waals surface area contributed by atoms with E-state index in [-0.39, 0.29) is 18.6 Å². The number of nitrogens with zero attached hydrogens (tertiary/aromatic N) is 1. The number of benzene rings is 2. The largest absolute Gasteiger partial charge is 0.454 e. The second-order valence-corrected chi connectivity index (χ2v) is 7.17. The van der Waals surface area contributed by atoms with E-state index < -0.39 is 6.04 Å². The van der Waals surface area contributed by atoms with Crippen molar-refractivity contribution in [3.8, 4) is 11.5 Å². The fourth-order valence-corrected chi connectivity index (χ4v) is 3.70. The molecule has 0 aliphatic carbocycles. The summed E-state index contributed by atoms with van der Waals surface area (Å²) in [4.78, 5) is 27.3. The van der Waals surface area contributed by atoms with Gasteiger partial charge in [0.15, 0.2) is 11.5 Å². The number of amides is 2. The van der Waals surface area contributed by atoms with E-state index in [2.05, 4.69) is 5.32 Å². The summed E-state index contributed by atoms with van der Waals surface area (Å²) in [5, 5.41) is 2.99. The summed E-state index contributed by atoms with van der Waals surface area (Å²) in [5.41, 5.74) is 1.97. The van der Waals surface area contributed by atoms with Gasteiger partial charge in [0.05, 0.1) is 0 Å². The van der Waals surface area contributed by atoms with Gasteiger partial charge in [0, 0.05) is 19.5 Å². The summed E-state index contributed by atoms with van der Waals surface area (Å²) < 4.78 is 10.7. The molecule has 2 aliphatic rings. The smallest absolute Gasteiger partial charge is 0.243 e. The highest BCUT2D eigenvalue weighted by molar-refractivity contribution is 5.88. The summed E-state index contributed by atoms with van der Waals surface area (Å²) in [7, 11) is 0. The summed E-state index contributed by atoms with van der Waals surface area (Å²) in [5.74, 6) is 1.36. The second-order valence-electron chi connectivity index (χ2n) is 7.17. The van der Waals surface area contributed by atoms with Crippen molar-refractivity contribution in [3.05, 3.63) is 59.7 Å². The van der Waals surface area contributed by atoms with Gasteiger partial charge in [-0.25, -0.2) is 0 Å². The van der Waals surface area contributed by atoms with Crippen LogP contribution in [0.15, 0.2) is 48.5 Å². The van der Waals surface area contributed by atoms with Gasteiger partial charge >= 0.3 is 0 Å². The molecule has 0 saturated carbocycles. The van der Waals surface area contributed by atoms with E-state index in [4.69, 9.17) is 9.47 Å². The standard InChI is InChI=1S/C22H24N2O4/c25-21-9-5-4-8-18(24(21)14-16-6-2-1-3-7-16)22(26)23-13-17-10-11-19-20(12-17)28-15-27-19/h1-3,6-7,10-12,18H,4-5,8-9,13-15H2,(H,23,26). The van der Waals surface area contributed by atoms with E-state index in [1.165, 1.54) is 0 Å². The van der Waals surface area contributed by atoms with Crippen molar-refractivity contribution < 1.29 is 19.1 Å². The molecule has 1 N–H and O–H groups in total. The average Bonchev–Trinajstić information content (AvgIpc) is 3.11. The van der Waals surface area contributed by atoms with Crippen molar-refractivity contribution >= 4 is 11.8 Å². The highest BCUT2D eigenvalue weighted by atomic mass is 16.7. The molecule has 2 heterocycles. The average molecular weight is 380 g/mol. The lowest BCUT2D eigenvalue weighted by Gasteiger charge is -2.29. The first-order chi connectivity index (χ1) is 13.7. The number of nitrogens with one attached hydrogen (secondary N) is 1. The molecular weight excluding hydrogens is 356 g/mol. The van der Waals surface area contributed by atoms with Gasteiger partial charge in [-0.15, -0.1) is 0 Å². The van der Waals surface area contributed by atoms with Crippen LogP contribution in [0.3, 0.4) is 0 Å². The van der Waals surface area contributed by atoms with Crippen molar-refractivity contribution in [1.29, 1.82) is 0 Å². The van der Waals surface area contributed by atoms with Crippen LogP contribution in [-0.4, -0.2) is 29.5 Å². The maximum atomic E-state index is 12.9. The number of likely N-dealkylation sites (tertiary alicyclic amines) is 1. The zero-order chi connectivity index (χ0) is 19.3. The van der Waals surface area contributed by atoms with E-state index in [1.54, 1.807) is 4.90 Å². The minimum absolute atomic E-state index is 0.0459. The Balaban J connectivity index is 1.44. The lowest BCUT2D eigenvalue weighted by molar-refractivity contribution is -0.140. The van der Waals surface area contributed by atoms with E-state index in [0.717, 1.165) is 29.7 Å². The second kappa shape index (κ2) is 8.33. The van der Waals surface area contributed by atoms with Crippen molar-refractivity contribution in [2.75, 3.05) is 6.79 Å². The Morgan fingerprint density at radius 1 is 1.04 bits per heavy atom. The molecule has 1 unspecified atom stereocenters. The number of ether oxygens (including phenoxy) is 2. The molecule has 2 aromatic rings. The van der Waals surface area contributed by atoms with Crippen LogP contribution in [0.5, 0.6) is 11.5 Å². The molecule has 0 radical (unpaired) electrons. The molecule has 0 aromatic heterocycles. The van der Waals surface area contributed by atoms with E-state index in [1.807, 2.05) is 48.5 Å². The van der Waals surface area contributed by atoms with Crippen LogP contribution in [0.2, 0.25) is 0 Å². The summed E-state index contributed by atoms with van der Waals surface area (Å²) in [6.07, 6.45) is 2.89. The molecular formula is C22H24N2O4. The third-order valence-corrected chi connectivity index (χ3v) is 5.22. The van der Waals surface area contributed by atoms with Crippen LogP contribution in [0.1, 0.15) is 36.8 Å². The maximum absolute atomic E-state index is 12.9. The zero-order valence-electron chi connectivity index (χ0n) is 15.7. The molecule has 1 fully saturated rings. The number of hydrogen-bond acceptors (Lipinski definition) is 4. The minimum Gasteiger partial charge on any atom is -0.454 e. The molecule has 0 spiro atoms. The van der Waals surface area contributed by atoms with Crippen LogP contribution in [0, 0.1) is 0 Å². The number of hydrogen-bond donors (Lipinski definition) is 1. The van der Waals surface area contributed by atoms with Gasteiger partial charge in [-0.3, -0.25) is 9.59 Å². The Hall–Kier alpha value is -3.02. The molecule has 0 bridgehead atoms. The Bertz CT molecular complexity index is 853. The van der Waals surface area contributed by atoms with Gasteiger partial charge in [-0.05, 0) is 36.1 Å². The van der Waals surface area contributed by atoms with Crippen molar-refractivity contribution in [2.45, 2.75) is 44.8 Å². The van der Waals surface area contributed by atoms with Crippen molar-refractivity contribution in [2.24, 2.45) is 0 Å². The predicted molar refractivity (Wildman–Crippen MR) is 104 cm³/mol. The van der Waals surface area contributed by atoms with Crippen molar-refractivity contribution in [3.63, 3.8) is 0 Å². The van der Waals surface area contributed by atoms with Gasteiger partial charge in [0.25, 0.3) is 0 Å². The van der Waals surface area contributed by atoms with E-state index in [9.17, 15) is 9.59 Å². The van der Waals surface area contributed by atoms with Gasteiger partial charge in [0.1, 0.15) is 6.04 Å². The monoisotopic (exact) mass is 380 g/mol. The first-order valence-electron chi connectivity index (χ1n) is 9.70. The molecule has 146 valence electrons. The van der Waals surface area contributed by atoms with Gasteiger partial charge in [-0.2, -0.15) is 0 Å². The van der Waals surface area contributed by atoms with Crippen LogP contribution in [0.25, 0.3) is 0 Å². The fourth-order valence-electron chi connectivity index (χ4n) is 3.70. The molecule has 6 heteroatoms. The fraction of sp³-hybridized carbons (Fsp3) is 0.364. The quantitative estimate of drug-likeness (QED) is 0.866.